The highest BCUT2D eigenvalue weighted by atomic mass is 35.5. The van der Waals surface area contributed by atoms with Gasteiger partial charge >= 0.3 is 6.09 Å². The Hall–Kier alpha value is -3.07. The molecule has 2 saturated heterocycles. The number of nitrogens with zero attached hydrogens (tertiary/aromatic N) is 4. The molecule has 0 radical (unpaired) electrons. The van der Waals surface area contributed by atoms with Crippen molar-refractivity contribution in [2.24, 2.45) is 11.7 Å². The fourth-order valence-corrected chi connectivity index (χ4v) is 7.81. The van der Waals surface area contributed by atoms with Gasteiger partial charge in [-0.15, -0.1) is 0 Å². The van der Waals surface area contributed by atoms with Crippen LogP contribution in [0.4, 0.5) is 25.1 Å². The first-order valence-electron chi connectivity index (χ1n) is 15.5. The number of sulfonamides is 1. The Morgan fingerprint density at radius 2 is 1.67 bits per heavy atom. The Morgan fingerprint density at radius 3 is 2.28 bits per heavy atom. The van der Waals surface area contributed by atoms with Gasteiger partial charge in [-0.3, -0.25) is 4.79 Å². The van der Waals surface area contributed by atoms with Gasteiger partial charge in [-0.2, -0.15) is 4.31 Å². The minimum atomic E-state index is -3.87. The van der Waals surface area contributed by atoms with Crippen LogP contribution in [0.5, 0.6) is 0 Å². The van der Waals surface area contributed by atoms with Crippen molar-refractivity contribution in [2.45, 2.75) is 81.4 Å². The van der Waals surface area contributed by atoms with Gasteiger partial charge in [0, 0.05) is 62.4 Å². The quantitative estimate of drug-likeness (QED) is 0.408. The van der Waals surface area contributed by atoms with Gasteiger partial charge in [0.2, 0.25) is 15.9 Å². The van der Waals surface area contributed by atoms with Crippen molar-refractivity contribution >= 4 is 45.1 Å². The lowest BCUT2D eigenvalue weighted by Crippen LogP contribution is -2.49. The van der Waals surface area contributed by atoms with E-state index in [0.29, 0.717) is 31.4 Å². The number of nitrogens with two attached hydrogens (primary N) is 1. The zero-order chi connectivity index (χ0) is 33.4. The van der Waals surface area contributed by atoms with E-state index in [4.69, 9.17) is 22.1 Å². The van der Waals surface area contributed by atoms with Crippen molar-refractivity contribution in [3.63, 3.8) is 0 Å². The second-order valence-corrected chi connectivity index (χ2v) is 15.5. The fraction of sp³-hybridized carbons (Fsp3) is 0.581. The topological polar surface area (TPSA) is 138 Å². The molecule has 1 aliphatic carbocycles. The molecule has 2 aliphatic heterocycles. The second-order valence-electron chi connectivity index (χ2n) is 13.2. The van der Waals surface area contributed by atoms with Crippen LogP contribution in [0.25, 0.3) is 0 Å². The number of nitrogens with one attached hydrogen (secondary N) is 1. The van der Waals surface area contributed by atoms with Crippen LogP contribution in [0, 0.1) is 5.92 Å². The Labute approximate surface area is 273 Å². The Morgan fingerprint density at radius 1 is 1.04 bits per heavy atom. The van der Waals surface area contributed by atoms with Crippen LogP contribution >= 0.6 is 11.6 Å². The van der Waals surface area contributed by atoms with E-state index >= 15 is 8.78 Å². The van der Waals surface area contributed by atoms with Crippen molar-refractivity contribution in [1.82, 2.24) is 14.6 Å². The van der Waals surface area contributed by atoms with E-state index in [2.05, 4.69) is 10.3 Å². The molecule has 15 heteroatoms. The first-order valence-corrected chi connectivity index (χ1v) is 17.3. The summed E-state index contributed by atoms with van der Waals surface area (Å²) in [6.07, 6.45) is 1.26. The number of anilines is 2. The van der Waals surface area contributed by atoms with Gasteiger partial charge in [0.1, 0.15) is 16.6 Å². The first kappa shape index (κ1) is 34.3. The van der Waals surface area contributed by atoms with Gasteiger partial charge in [0.25, 0.3) is 5.92 Å². The lowest BCUT2D eigenvalue weighted by atomic mass is 9.80. The number of piperazine rings is 1. The third kappa shape index (κ3) is 7.72. The molecule has 1 aromatic heterocycles. The van der Waals surface area contributed by atoms with Crippen molar-refractivity contribution in [2.75, 3.05) is 42.5 Å². The predicted molar refractivity (Wildman–Crippen MR) is 171 cm³/mol. The number of pyridine rings is 1. The number of hydrogen-bond acceptors (Lipinski definition) is 8. The Balaban J connectivity index is 1.20. The molecule has 2 amide bonds. The molecule has 0 bridgehead atoms. The van der Waals surface area contributed by atoms with E-state index in [-0.39, 0.29) is 72.5 Å². The molecule has 46 heavy (non-hydrogen) atoms. The monoisotopic (exact) mass is 682 g/mol. The largest absolute Gasteiger partial charge is 0.444 e. The number of hydrogen-bond donors (Lipinski definition) is 2. The van der Waals surface area contributed by atoms with Crippen LogP contribution < -0.4 is 20.9 Å². The van der Waals surface area contributed by atoms with Crippen LogP contribution in [0.3, 0.4) is 0 Å². The molecule has 3 aliphatic rings. The van der Waals surface area contributed by atoms with Gasteiger partial charge in [0.15, 0.2) is 0 Å². The van der Waals surface area contributed by atoms with E-state index in [9.17, 15) is 18.0 Å². The number of ether oxygens (including phenoxy) is 1. The van der Waals surface area contributed by atoms with Crippen LogP contribution in [0.1, 0.15) is 58.4 Å². The highest BCUT2D eigenvalue weighted by molar-refractivity contribution is 7.89. The van der Waals surface area contributed by atoms with E-state index in [1.165, 1.54) is 33.5 Å². The summed E-state index contributed by atoms with van der Waals surface area (Å²) in [6, 6.07) is 8.10. The van der Waals surface area contributed by atoms with E-state index in [1.807, 2.05) is 0 Å². The number of carbonyl (C=O) groups excluding carboxylic acids is 2. The second kappa shape index (κ2) is 13.2. The molecular formula is C31H41ClF2N6O5S. The van der Waals surface area contributed by atoms with Crippen molar-refractivity contribution < 1.29 is 31.5 Å². The first-order chi connectivity index (χ1) is 21.5. The molecule has 252 valence electrons. The zero-order valence-electron chi connectivity index (χ0n) is 26.2. The number of benzene rings is 1. The van der Waals surface area contributed by atoms with Crippen LogP contribution in [-0.4, -0.2) is 80.1 Å². The number of amides is 2. The molecular weight excluding hydrogens is 642 g/mol. The molecule has 0 unspecified atom stereocenters. The molecule has 3 heterocycles. The average molecular weight is 683 g/mol. The van der Waals surface area contributed by atoms with Gasteiger partial charge in [-0.25, -0.2) is 27.0 Å². The summed E-state index contributed by atoms with van der Waals surface area (Å²) in [5, 5.41) is 2.66. The van der Waals surface area contributed by atoms with Crippen molar-refractivity contribution in [3.8, 4) is 0 Å². The predicted octanol–water partition coefficient (Wildman–Crippen LogP) is 4.49. The SMILES string of the molecule is CC(C)(C)OC(=O)N[C@@H]1CC(=O)N(c2ccc(S(=O)(=O)N3CCN(c4cc(C(F)(F)C5CCC(N)CC5)cc(Cl)n4)CC3)cc2)C1. The number of rotatable bonds is 7. The molecule has 0 spiro atoms. The number of aromatic nitrogens is 1. The normalized spacial score (nSPS) is 23.5. The number of carbonyl (C=O) groups is 2. The van der Waals surface area contributed by atoms with Crippen LogP contribution in [-0.2, 0) is 25.5 Å². The van der Waals surface area contributed by atoms with E-state index in [0.717, 1.165) is 0 Å². The van der Waals surface area contributed by atoms with Crippen LogP contribution in [0.15, 0.2) is 41.3 Å². The molecule has 1 aromatic carbocycles. The molecule has 3 N–H and O–H groups in total. The minimum absolute atomic E-state index is 0.0433. The molecule has 1 atom stereocenters. The van der Waals surface area contributed by atoms with Crippen molar-refractivity contribution in [3.05, 3.63) is 47.1 Å². The van der Waals surface area contributed by atoms with Crippen LogP contribution in [0.2, 0.25) is 5.15 Å². The summed E-state index contributed by atoms with van der Waals surface area (Å²) >= 11 is 6.19. The molecule has 5 rings (SSSR count). The number of alkyl halides is 2. The minimum Gasteiger partial charge on any atom is -0.444 e. The van der Waals surface area contributed by atoms with Gasteiger partial charge < -0.3 is 25.6 Å². The lowest BCUT2D eigenvalue weighted by molar-refractivity contribution is -0.117. The third-order valence-corrected chi connectivity index (χ3v) is 10.8. The van der Waals surface area contributed by atoms with E-state index in [1.54, 1.807) is 37.8 Å². The summed E-state index contributed by atoms with van der Waals surface area (Å²) < 4.78 is 64.5. The molecule has 2 aromatic rings. The fourth-order valence-electron chi connectivity index (χ4n) is 6.19. The van der Waals surface area contributed by atoms with E-state index < -0.39 is 39.6 Å². The van der Waals surface area contributed by atoms with Crippen molar-refractivity contribution in [1.29, 1.82) is 0 Å². The molecule has 11 nitrogen and oxygen atoms in total. The summed E-state index contributed by atoms with van der Waals surface area (Å²) in [4.78, 5) is 32.4. The third-order valence-electron chi connectivity index (χ3n) is 8.64. The highest BCUT2D eigenvalue weighted by Gasteiger charge is 2.43. The highest BCUT2D eigenvalue weighted by Crippen LogP contribution is 2.44. The Bertz CT molecular complexity index is 1540. The smallest absolute Gasteiger partial charge is 0.407 e. The standard InChI is InChI=1S/C31H41ClF2N6O5S/c1-30(2,3)45-29(42)36-23-18-28(41)40(19-23)24-8-10-25(11-9-24)46(43,44)39-14-12-38(13-15-39)27-17-21(16-26(32)37-27)31(33,34)20-4-6-22(35)7-5-20/h8-11,16-17,20,22-23H,4-7,12-15,18-19,35H2,1-3H3,(H,36,42)/t20?,22?,23-/m1/s1. The maximum Gasteiger partial charge on any atom is 0.407 e. The zero-order valence-corrected chi connectivity index (χ0v) is 27.8. The van der Waals surface area contributed by atoms with Gasteiger partial charge in [0.05, 0.1) is 10.9 Å². The summed E-state index contributed by atoms with van der Waals surface area (Å²) in [5.41, 5.74) is 5.56. The lowest BCUT2D eigenvalue weighted by Gasteiger charge is -2.36. The molecule has 3 fully saturated rings. The maximum atomic E-state index is 15.5. The summed E-state index contributed by atoms with van der Waals surface area (Å²) in [6.45, 7) is 6.19. The van der Waals surface area contributed by atoms with Gasteiger partial charge in [-0.1, -0.05) is 11.6 Å². The Kier molecular flexibility index (Phi) is 9.84. The average Bonchev–Trinajstić information content (AvgIpc) is 3.35. The number of alkyl carbamates (subject to hydrolysis) is 1. The molecule has 1 saturated carbocycles. The summed E-state index contributed by atoms with van der Waals surface area (Å²) in [5.74, 6) is -3.84. The summed E-state index contributed by atoms with van der Waals surface area (Å²) in [7, 11) is -3.87. The number of halogens is 3. The maximum absolute atomic E-state index is 15.5. The van der Waals surface area contributed by atoms with Gasteiger partial charge in [-0.05, 0) is 82.9 Å².